The average molecular weight is 479 g/mol. The number of ether oxygens (including phenoxy) is 1. The number of anilines is 1. The summed E-state index contributed by atoms with van der Waals surface area (Å²) in [4.78, 5) is 26.2. The Balaban J connectivity index is 1.91. The van der Waals surface area contributed by atoms with Gasteiger partial charge in [-0.3, -0.25) is 4.79 Å². The third-order valence-corrected chi connectivity index (χ3v) is 5.96. The SMILES string of the molecule is C=CCC(Sc1nnc(-c2ccccc2)n1C(=O)OC(C)(C)C)C(=O)Nc1ccc(CC)cc1. The van der Waals surface area contributed by atoms with E-state index in [-0.39, 0.29) is 11.1 Å². The monoisotopic (exact) mass is 478 g/mol. The van der Waals surface area contributed by atoms with E-state index in [4.69, 9.17) is 4.74 Å². The Morgan fingerprint density at radius 1 is 1.12 bits per heavy atom. The van der Waals surface area contributed by atoms with Crippen LogP contribution in [0, 0.1) is 0 Å². The van der Waals surface area contributed by atoms with Gasteiger partial charge in [-0.2, -0.15) is 0 Å². The number of benzene rings is 2. The van der Waals surface area contributed by atoms with Gasteiger partial charge in [0.2, 0.25) is 11.1 Å². The largest absolute Gasteiger partial charge is 0.443 e. The molecule has 178 valence electrons. The van der Waals surface area contributed by atoms with Crippen molar-refractivity contribution in [3.63, 3.8) is 0 Å². The number of thioether (sulfide) groups is 1. The van der Waals surface area contributed by atoms with Gasteiger partial charge in [0.1, 0.15) is 5.60 Å². The third kappa shape index (κ3) is 6.57. The molecule has 7 nitrogen and oxygen atoms in total. The Hall–Kier alpha value is -3.39. The van der Waals surface area contributed by atoms with E-state index in [1.165, 1.54) is 10.1 Å². The number of hydrogen-bond acceptors (Lipinski definition) is 6. The zero-order valence-electron chi connectivity index (χ0n) is 19.9. The van der Waals surface area contributed by atoms with Gasteiger partial charge in [-0.05, 0) is 51.3 Å². The lowest BCUT2D eigenvalue weighted by Crippen LogP contribution is -2.29. The first-order valence-corrected chi connectivity index (χ1v) is 12.0. The number of nitrogens with zero attached hydrogens (tertiary/aromatic N) is 3. The third-order valence-electron chi connectivity index (χ3n) is 4.79. The summed E-state index contributed by atoms with van der Waals surface area (Å²) in [5.41, 5.74) is 1.90. The molecule has 34 heavy (non-hydrogen) atoms. The molecule has 1 atom stereocenters. The fourth-order valence-electron chi connectivity index (χ4n) is 3.13. The van der Waals surface area contributed by atoms with Crippen LogP contribution in [-0.2, 0) is 16.0 Å². The average Bonchev–Trinajstić information content (AvgIpc) is 3.22. The maximum atomic E-state index is 13.1. The number of carbonyl (C=O) groups excluding carboxylic acids is 2. The molecular weight excluding hydrogens is 448 g/mol. The van der Waals surface area contributed by atoms with Crippen molar-refractivity contribution in [1.29, 1.82) is 0 Å². The van der Waals surface area contributed by atoms with Crippen LogP contribution in [0.1, 0.15) is 39.7 Å². The van der Waals surface area contributed by atoms with Gasteiger partial charge in [0.05, 0.1) is 5.25 Å². The van der Waals surface area contributed by atoms with Gasteiger partial charge in [0.15, 0.2) is 5.82 Å². The maximum absolute atomic E-state index is 13.1. The summed E-state index contributed by atoms with van der Waals surface area (Å²) in [6.45, 7) is 11.2. The molecule has 0 fully saturated rings. The normalized spacial score (nSPS) is 12.1. The van der Waals surface area contributed by atoms with Crippen LogP contribution in [-0.4, -0.2) is 37.6 Å². The van der Waals surface area contributed by atoms with Gasteiger partial charge >= 0.3 is 6.09 Å². The van der Waals surface area contributed by atoms with Crippen LogP contribution in [0.3, 0.4) is 0 Å². The van der Waals surface area contributed by atoms with Gasteiger partial charge in [-0.25, -0.2) is 9.36 Å². The Morgan fingerprint density at radius 3 is 2.38 bits per heavy atom. The molecule has 0 saturated carbocycles. The van der Waals surface area contributed by atoms with E-state index in [1.807, 2.05) is 54.6 Å². The lowest BCUT2D eigenvalue weighted by molar-refractivity contribution is -0.115. The van der Waals surface area contributed by atoms with Crippen molar-refractivity contribution < 1.29 is 14.3 Å². The molecule has 1 amide bonds. The van der Waals surface area contributed by atoms with E-state index in [1.54, 1.807) is 26.8 Å². The van der Waals surface area contributed by atoms with Crippen LogP contribution in [0.4, 0.5) is 10.5 Å². The van der Waals surface area contributed by atoms with Crippen LogP contribution in [0.25, 0.3) is 11.4 Å². The lowest BCUT2D eigenvalue weighted by atomic mass is 10.1. The minimum Gasteiger partial charge on any atom is -0.443 e. The van der Waals surface area contributed by atoms with Crippen molar-refractivity contribution in [2.45, 2.75) is 56.5 Å². The molecule has 0 aliphatic rings. The Bertz CT molecular complexity index is 1140. The van der Waals surface area contributed by atoms with Gasteiger partial charge < -0.3 is 10.1 Å². The van der Waals surface area contributed by atoms with Crippen molar-refractivity contribution in [1.82, 2.24) is 14.8 Å². The second kappa shape index (κ2) is 11.2. The molecule has 0 aliphatic carbocycles. The van der Waals surface area contributed by atoms with Crippen molar-refractivity contribution in [3.8, 4) is 11.4 Å². The molecule has 3 aromatic rings. The minimum absolute atomic E-state index is 0.214. The number of amides is 1. The molecule has 3 rings (SSSR count). The highest BCUT2D eigenvalue weighted by Crippen LogP contribution is 2.30. The summed E-state index contributed by atoms with van der Waals surface area (Å²) >= 11 is 1.15. The van der Waals surface area contributed by atoms with Crippen molar-refractivity contribution in [3.05, 3.63) is 72.8 Å². The first kappa shape index (κ1) is 25.2. The molecule has 1 aromatic heterocycles. The van der Waals surface area contributed by atoms with E-state index in [0.717, 1.165) is 18.2 Å². The Labute approximate surface area is 204 Å². The standard InChI is InChI=1S/C26H30N4O3S/c1-6-11-21(23(31)27-20-16-14-18(7-2)15-17-20)34-24-29-28-22(19-12-9-8-10-13-19)30(24)25(32)33-26(3,4)5/h6,8-10,12-17,21H,1,7,11H2,2-5H3,(H,27,31). The first-order chi connectivity index (χ1) is 16.2. The van der Waals surface area contributed by atoms with Crippen LogP contribution in [0.2, 0.25) is 0 Å². The van der Waals surface area contributed by atoms with Gasteiger partial charge in [-0.1, -0.05) is 67.2 Å². The smallest absolute Gasteiger partial charge is 0.422 e. The molecule has 1 N–H and O–H groups in total. The van der Waals surface area contributed by atoms with Crippen molar-refractivity contribution in [2.24, 2.45) is 0 Å². The number of aromatic nitrogens is 3. The molecule has 0 spiro atoms. The zero-order valence-corrected chi connectivity index (χ0v) is 20.8. The summed E-state index contributed by atoms with van der Waals surface area (Å²) in [6, 6.07) is 17.0. The zero-order chi connectivity index (χ0) is 24.7. The van der Waals surface area contributed by atoms with Gasteiger partial charge in [0, 0.05) is 11.3 Å². The summed E-state index contributed by atoms with van der Waals surface area (Å²) in [5.74, 6) is 0.138. The van der Waals surface area contributed by atoms with Crippen LogP contribution >= 0.6 is 11.8 Å². The van der Waals surface area contributed by atoms with Gasteiger partial charge in [-0.15, -0.1) is 16.8 Å². The number of hydrogen-bond donors (Lipinski definition) is 1. The number of aryl methyl sites for hydroxylation is 1. The molecule has 0 radical (unpaired) electrons. The summed E-state index contributed by atoms with van der Waals surface area (Å²) in [5, 5.41) is 11.1. The van der Waals surface area contributed by atoms with E-state index in [9.17, 15) is 9.59 Å². The predicted octanol–water partition coefficient (Wildman–Crippen LogP) is 5.97. The van der Waals surface area contributed by atoms with Crippen LogP contribution in [0.15, 0.2) is 72.4 Å². The highest BCUT2D eigenvalue weighted by atomic mass is 32.2. The summed E-state index contributed by atoms with van der Waals surface area (Å²) < 4.78 is 6.94. The molecule has 0 saturated heterocycles. The Kier molecular flexibility index (Phi) is 8.28. The molecule has 0 bridgehead atoms. The highest BCUT2D eigenvalue weighted by Gasteiger charge is 2.29. The second-order valence-electron chi connectivity index (χ2n) is 8.66. The van der Waals surface area contributed by atoms with Crippen molar-refractivity contribution in [2.75, 3.05) is 5.32 Å². The number of nitrogens with one attached hydrogen (secondary N) is 1. The number of rotatable bonds is 8. The second-order valence-corrected chi connectivity index (χ2v) is 9.83. The molecule has 8 heteroatoms. The topological polar surface area (TPSA) is 86.1 Å². The summed E-state index contributed by atoms with van der Waals surface area (Å²) in [7, 11) is 0. The first-order valence-electron chi connectivity index (χ1n) is 11.1. The fourth-order valence-corrected chi connectivity index (χ4v) is 4.13. The predicted molar refractivity (Wildman–Crippen MR) is 136 cm³/mol. The van der Waals surface area contributed by atoms with E-state index in [0.29, 0.717) is 23.5 Å². The quantitative estimate of drug-likeness (QED) is 0.317. The highest BCUT2D eigenvalue weighted by molar-refractivity contribution is 8.00. The van der Waals surface area contributed by atoms with Crippen LogP contribution in [0.5, 0.6) is 0 Å². The Morgan fingerprint density at radius 2 is 1.79 bits per heavy atom. The number of carbonyl (C=O) groups is 2. The van der Waals surface area contributed by atoms with Crippen LogP contribution < -0.4 is 5.32 Å². The molecular formula is C26H30N4O3S. The number of allylic oxidation sites excluding steroid dienone is 1. The maximum Gasteiger partial charge on any atom is 0.422 e. The molecule has 0 aliphatic heterocycles. The fraction of sp³-hybridized carbons (Fsp3) is 0.308. The van der Waals surface area contributed by atoms with E-state index >= 15 is 0 Å². The van der Waals surface area contributed by atoms with E-state index < -0.39 is 16.9 Å². The van der Waals surface area contributed by atoms with Crippen molar-refractivity contribution >= 4 is 29.4 Å². The summed E-state index contributed by atoms with van der Waals surface area (Å²) in [6.07, 6.45) is 2.37. The minimum atomic E-state index is -0.709. The molecule has 2 aromatic carbocycles. The molecule has 1 unspecified atom stereocenters. The lowest BCUT2D eigenvalue weighted by Gasteiger charge is -2.21. The van der Waals surface area contributed by atoms with Gasteiger partial charge in [0.25, 0.3) is 0 Å². The molecule has 1 heterocycles. The van der Waals surface area contributed by atoms with E-state index in [2.05, 4.69) is 29.0 Å².